The van der Waals surface area contributed by atoms with Gasteiger partial charge in [0.2, 0.25) is 0 Å². The van der Waals surface area contributed by atoms with Crippen molar-refractivity contribution < 1.29 is 14.3 Å². The maximum absolute atomic E-state index is 14.0. The van der Waals surface area contributed by atoms with Gasteiger partial charge >= 0.3 is 0 Å². The lowest BCUT2D eigenvalue weighted by Gasteiger charge is -2.43. The molecular formula is C25H30N2O3. The van der Waals surface area contributed by atoms with Crippen LogP contribution in [0.25, 0.3) is 0 Å². The first kappa shape index (κ1) is 22.0. The van der Waals surface area contributed by atoms with Crippen molar-refractivity contribution in [2.75, 3.05) is 53.6 Å². The summed E-state index contributed by atoms with van der Waals surface area (Å²) in [5.41, 5.74) is 1.99. The van der Waals surface area contributed by atoms with E-state index >= 15 is 0 Å². The Morgan fingerprint density at radius 2 is 1.77 bits per heavy atom. The van der Waals surface area contributed by atoms with Gasteiger partial charge in [-0.3, -0.25) is 14.6 Å². The van der Waals surface area contributed by atoms with E-state index in [2.05, 4.69) is 42.0 Å². The highest BCUT2D eigenvalue weighted by molar-refractivity contribution is 6.04. The minimum atomic E-state index is -0.813. The summed E-state index contributed by atoms with van der Waals surface area (Å²) in [6.07, 6.45) is 5.26. The third kappa shape index (κ3) is 4.73. The molecule has 2 aromatic rings. The topological polar surface area (TPSA) is 42.0 Å². The molecule has 1 atom stereocenters. The average Bonchev–Trinajstić information content (AvgIpc) is 2.77. The molecule has 1 unspecified atom stereocenters. The zero-order chi connectivity index (χ0) is 21.6. The number of benzene rings is 2. The predicted octanol–water partition coefficient (Wildman–Crippen LogP) is 2.98. The molecule has 5 heteroatoms. The first-order chi connectivity index (χ1) is 14.5. The van der Waals surface area contributed by atoms with Gasteiger partial charge in [-0.1, -0.05) is 35.7 Å². The Labute approximate surface area is 179 Å². The van der Waals surface area contributed by atoms with Crippen molar-refractivity contribution in [2.45, 2.75) is 12.5 Å². The van der Waals surface area contributed by atoms with Crippen LogP contribution in [-0.4, -0.2) is 69.1 Å². The maximum atomic E-state index is 14.0. The summed E-state index contributed by atoms with van der Waals surface area (Å²) in [6, 6.07) is 15.5. The molecule has 30 heavy (non-hydrogen) atoms. The minimum absolute atomic E-state index is 0.0614. The van der Waals surface area contributed by atoms with E-state index in [1.807, 2.05) is 31.1 Å². The van der Waals surface area contributed by atoms with Crippen molar-refractivity contribution >= 4 is 5.78 Å². The number of likely N-dealkylation sites (N-methyl/N-ethyl adjacent to an activating group) is 1. The largest absolute Gasteiger partial charge is 0.481 e. The number of hydrogen-bond donors (Lipinski definition) is 0. The molecule has 0 bridgehead atoms. The molecule has 0 amide bonds. The molecule has 0 aromatic heterocycles. The van der Waals surface area contributed by atoms with Crippen molar-refractivity contribution in [3.05, 3.63) is 65.2 Å². The lowest BCUT2D eigenvalue weighted by molar-refractivity contribution is 0.00686. The fourth-order valence-electron chi connectivity index (χ4n) is 3.88. The fraction of sp³-hybridized carbons (Fsp3) is 0.400. The number of ether oxygens (including phenoxy) is 2. The summed E-state index contributed by atoms with van der Waals surface area (Å²) in [5, 5.41) is 0. The molecule has 1 saturated heterocycles. The van der Waals surface area contributed by atoms with Crippen LogP contribution in [0.3, 0.4) is 0 Å². The van der Waals surface area contributed by atoms with E-state index in [4.69, 9.17) is 15.9 Å². The number of carbonyl (C=O) groups excluding carboxylic acids is 1. The number of aryl methyl sites for hydroxylation is 1. The smallest absolute Gasteiger partial charge is 0.188 e. The molecule has 1 heterocycles. The van der Waals surface area contributed by atoms with Gasteiger partial charge in [0, 0.05) is 25.2 Å². The third-order valence-corrected chi connectivity index (χ3v) is 5.66. The maximum Gasteiger partial charge on any atom is 0.188 e. The molecule has 3 rings (SSSR count). The number of morpholine rings is 1. The van der Waals surface area contributed by atoms with Gasteiger partial charge in [0.1, 0.15) is 17.9 Å². The zero-order valence-electron chi connectivity index (χ0n) is 18.1. The lowest BCUT2D eigenvalue weighted by atomic mass is 9.80. The normalized spacial score (nSPS) is 16.6. The van der Waals surface area contributed by atoms with E-state index < -0.39 is 5.54 Å². The van der Waals surface area contributed by atoms with E-state index in [0.717, 1.165) is 18.7 Å². The second kappa shape index (κ2) is 9.90. The minimum Gasteiger partial charge on any atom is -0.481 e. The van der Waals surface area contributed by atoms with Crippen LogP contribution in [0.15, 0.2) is 48.5 Å². The molecule has 1 aliphatic rings. The van der Waals surface area contributed by atoms with Crippen molar-refractivity contribution in [2.24, 2.45) is 0 Å². The van der Waals surface area contributed by atoms with Crippen LogP contribution in [0.4, 0.5) is 0 Å². The highest BCUT2D eigenvalue weighted by atomic mass is 16.5. The molecule has 0 N–H and O–H groups in total. The number of Topliss-reactive ketones (excluding diaryl/α,β-unsaturated/α-hetero) is 1. The molecule has 1 fully saturated rings. The van der Waals surface area contributed by atoms with E-state index in [-0.39, 0.29) is 12.4 Å². The quantitative estimate of drug-likeness (QED) is 0.498. The van der Waals surface area contributed by atoms with Crippen molar-refractivity contribution in [3.63, 3.8) is 0 Å². The summed E-state index contributed by atoms with van der Waals surface area (Å²) in [5.74, 6) is 3.17. The van der Waals surface area contributed by atoms with Gasteiger partial charge in [-0.05, 0) is 50.8 Å². The third-order valence-electron chi connectivity index (χ3n) is 5.66. The Kier molecular flexibility index (Phi) is 7.28. The van der Waals surface area contributed by atoms with Gasteiger partial charge in [0.15, 0.2) is 5.78 Å². The average molecular weight is 407 g/mol. The molecule has 0 saturated carbocycles. The summed E-state index contributed by atoms with van der Waals surface area (Å²) in [6.45, 7) is 5.86. The number of rotatable bonds is 8. The molecule has 0 spiro atoms. The molecule has 1 aliphatic heterocycles. The molecule has 2 aromatic carbocycles. The highest BCUT2D eigenvalue weighted by Crippen LogP contribution is 2.33. The summed E-state index contributed by atoms with van der Waals surface area (Å²) in [7, 11) is 3.95. The summed E-state index contributed by atoms with van der Waals surface area (Å²) in [4.78, 5) is 18.4. The number of hydrogen-bond acceptors (Lipinski definition) is 5. The van der Waals surface area contributed by atoms with E-state index in [1.165, 1.54) is 5.56 Å². The zero-order valence-corrected chi connectivity index (χ0v) is 18.1. The predicted molar refractivity (Wildman–Crippen MR) is 119 cm³/mol. The molecule has 0 aliphatic carbocycles. The molecule has 158 valence electrons. The van der Waals surface area contributed by atoms with E-state index in [1.54, 1.807) is 12.1 Å². The molecule has 5 nitrogen and oxygen atoms in total. The van der Waals surface area contributed by atoms with Crippen LogP contribution in [-0.2, 0) is 10.3 Å². The van der Waals surface area contributed by atoms with Gasteiger partial charge in [0.25, 0.3) is 0 Å². The number of terminal acetylenes is 1. The van der Waals surface area contributed by atoms with Gasteiger partial charge in [-0.15, -0.1) is 6.42 Å². The monoisotopic (exact) mass is 406 g/mol. The second-order valence-electron chi connectivity index (χ2n) is 7.86. The highest BCUT2D eigenvalue weighted by Gasteiger charge is 2.44. The van der Waals surface area contributed by atoms with E-state index in [0.29, 0.717) is 31.1 Å². The van der Waals surface area contributed by atoms with Gasteiger partial charge in [-0.2, -0.15) is 0 Å². The van der Waals surface area contributed by atoms with Crippen molar-refractivity contribution in [1.82, 2.24) is 9.80 Å². The van der Waals surface area contributed by atoms with Crippen LogP contribution in [0.2, 0.25) is 0 Å². The Hall–Kier alpha value is -2.65. The fourth-order valence-corrected chi connectivity index (χ4v) is 3.88. The van der Waals surface area contributed by atoms with Crippen LogP contribution in [0, 0.1) is 19.3 Å². The molecular weight excluding hydrogens is 376 g/mol. The Bertz CT molecular complexity index is 878. The molecule has 0 radical (unpaired) electrons. The Morgan fingerprint density at radius 1 is 1.13 bits per heavy atom. The van der Waals surface area contributed by atoms with Crippen LogP contribution < -0.4 is 4.74 Å². The van der Waals surface area contributed by atoms with Gasteiger partial charge in [-0.25, -0.2) is 0 Å². The van der Waals surface area contributed by atoms with Crippen LogP contribution in [0.1, 0.15) is 21.5 Å². The number of carbonyl (C=O) groups is 1. The van der Waals surface area contributed by atoms with E-state index in [9.17, 15) is 4.79 Å². The van der Waals surface area contributed by atoms with Crippen molar-refractivity contribution in [3.8, 4) is 18.1 Å². The summed E-state index contributed by atoms with van der Waals surface area (Å²) < 4.78 is 11.0. The first-order valence-electron chi connectivity index (χ1n) is 10.2. The SMILES string of the molecule is C#CCOc1ccc(C(=O)C(CN2CCOCC2)(c2ccc(C)cc2)N(C)C)cc1. The van der Waals surface area contributed by atoms with Gasteiger partial charge < -0.3 is 9.47 Å². The number of nitrogens with zero attached hydrogens (tertiary/aromatic N) is 2. The lowest BCUT2D eigenvalue weighted by Crippen LogP contribution is -2.57. The van der Waals surface area contributed by atoms with Crippen LogP contribution in [0.5, 0.6) is 5.75 Å². The van der Waals surface area contributed by atoms with Gasteiger partial charge in [0.05, 0.1) is 13.2 Å². The standard InChI is InChI=1S/C25H30N2O3/c1-5-16-30-23-12-8-21(9-13-23)24(28)25(26(3)4,19-27-14-17-29-18-15-27)22-10-6-20(2)7-11-22/h1,6-13H,14-19H2,2-4H3. The first-order valence-corrected chi connectivity index (χ1v) is 10.2. The Balaban J connectivity index is 2.01. The summed E-state index contributed by atoms with van der Waals surface area (Å²) >= 11 is 0. The second-order valence-corrected chi connectivity index (χ2v) is 7.86. The van der Waals surface area contributed by atoms with Crippen molar-refractivity contribution in [1.29, 1.82) is 0 Å². The number of ketones is 1. The Morgan fingerprint density at radius 3 is 2.33 bits per heavy atom. The van der Waals surface area contributed by atoms with Crippen LogP contribution >= 0.6 is 0 Å².